The molecule has 1 atom stereocenters. The number of amides is 1. The predicted molar refractivity (Wildman–Crippen MR) is 137 cm³/mol. The number of anilines is 1. The van der Waals surface area contributed by atoms with E-state index >= 15 is 0 Å². The summed E-state index contributed by atoms with van der Waals surface area (Å²) in [5.41, 5.74) is 3.45. The number of ether oxygens (including phenoxy) is 2. The highest BCUT2D eigenvalue weighted by Crippen LogP contribution is 2.36. The van der Waals surface area contributed by atoms with Gasteiger partial charge in [0.05, 0.1) is 23.1 Å². The zero-order valence-electron chi connectivity index (χ0n) is 19.6. The Balaban J connectivity index is 1.73. The number of carbonyl (C=O) groups excluding carboxylic acids is 1. The normalized spacial score (nSPS) is 15.2. The Hall–Kier alpha value is -2.69. The first-order valence-electron chi connectivity index (χ1n) is 11.2. The molecule has 1 aromatic carbocycles. The van der Waals surface area contributed by atoms with Gasteiger partial charge in [0, 0.05) is 6.08 Å². The standard InChI is InChI=1S/C26H30N2O3S2/c1-16(2)11-12-31-22-9-6-18(14-23(22)30-4)7-10-24(29)28-25-21(15-27)19-8-5-17(3)13-20(19)26(32)33-25/h6-7,9-10,14,16-17H,5,8,11-13H2,1-4H3,(H,28,29)/b10-7+. The van der Waals surface area contributed by atoms with Crippen LogP contribution in [0, 0.1) is 27.0 Å². The molecule has 7 heteroatoms. The predicted octanol–water partition coefficient (Wildman–Crippen LogP) is 6.56. The second-order valence-corrected chi connectivity index (χ2v) is 10.5. The topological polar surface area (TPSA) is 71.3 Å². The molecule has 1 aliphatic carbocycles. The summed E-state index contributed by atoms with van der Waals surface area (Å²) >= 11 is 6.88. The maximum absolute atomic E-state index is 12.6. The lowest BCUT2D eigenvalue weighted by Crippen LogP contribution is -2.15. The Morgan fingerprint density at radius 3 is 2.85 bits per heavy atom. The van der Waals surface area contributed by atoms with Crippen LogP contribution in [0.2, 0.25) is 0 Å². The van der Waals surface area contributed by atoms with E-state index < -0.39 is 0 Å². The second kappa shape index (κ2) is 11.4. The van der Waals surface area contributed by atoms with E-state index in [-0.39, 0.29) is 5.91 Å². The van der Waals surface area contributed by atoms with Crippen LogP contribution in [0.25, 0.3) is 6.08 Å². The van der Waals surface area contributed by atoms with E-state index in [0.717, 1.165) is 46.2 Å². The fourth-order valence-corrected chi connectivity index (χ4v) is 5.18. The zero-order valence-corrected chi connectivity index (χ0v) is 21.2. The molecule has 1 N–H and O–H groups in total. The third-order valence-corrected chi connectivity index (χ3v) is 7.13. The van der Waals surface area contributed by atoms with Gasteiger partial charge in [0.2, 0.25) is 5.91 Å². The van der Waals surface area contributed by atoms with Crippen molar-refractivity contribution in [1.29, 1.82) is 5.26 Å². The molecule has 1 heterocycles. The molecule has 0 saturated heterocycles. The first kappa shape index (κ1) is 24.9. The summed E-state index contributed by atoms with van der Waals surface area (Å²) in [6.45, 7) is 7.13. The van der Waals surface area contributed by atoms with E-state index in [1.807, 2.05) is 18.2 Å². The lowest BCUT2D eigenvalue weighted by molar-refractivity contribution is -0.111. The molecular formula is C26H30N2O3S2. The van der Waals surface area contributed by atoms with E-state index in [4.69, 9.17) is 21.7 Å². The Bertz CT molecular complexity index is 1150. The van der Waals surface area contributed by atoms with Gasteiger partial charge in [-0.1, -0.05) is 39.1 Å². The smallest absolute Gasteiger partial charge is 0.249 e. The van der Waals surface area contributed by atoms with Crippen molar-refractivity contribution in [3.05, 3.63) is 50.4 Å². The lowest BCUT2D eigenvalue weighted by Gasteiger charge is -2.23. The highest BCUT2D eigenvalue weighted by atomic mass is 32.1. The largest absolute Gasteiger partial charge is 0.493 e. The molecule has 2 aromatic rings. The molecule has 0 fully saturated rings. The highest BCUT2D eigenvalue weighted by Gasteiger charge is 2.23. The summed E-state index contributed by atoms with van der Waals surface area (Å²) in [6, 6.07) is 7.84. The molecule has 3 rings (SSSR count). The Kier molecular flexibility index (Phi) is 8.65. The molecule has 1 aliphatic rings. The van der Waals surface area contributed by atoms with Crippen molar-refractivity contribution in [3.63, 3.8) is 0 Å². The van der Waals surface area contributed by atoms with Crippen LogP contribution in [0.15, 0.2) is 24.3 Å². The number of hydrogen-bond acceptors (Lipinski definition) is 6. The van der Waals surface area contributed by atoms with Crippen molar-refractivity contribution in [3.8, 4) is 17.6 Å². The van der Waals surface area contributed by atoms with Gasteiger partial charge in [0.25, 0.3) is 0 Å². The highest BCUT2D eigenvalue weighted by molar-refractivity contribution is 7.73. The molecule has 0 aliphatic heterocycles. The molecule has 0 bridgehead atoms. The van der Waals surface area contributed by atoms with Crippen molar-refractivity contribution in [1.82, 2.24) is 0 Å². The average Bonchev–Trinajstić information content (AvgIpc) is 2.78. The van der Waals surface area contributed by atoms with Gasteiger partial charge in [-0.05, 0) is 72.4 Å². The fourth-order valence-electron chi connectivity index (χ4n) is 3.78. The van der Waals surface area contributed by atoms with Crippen LogP contribution in [-0.4, -0.2) is 19.6 Å². The summed E-state index contributed by atoms with van der Waals surface area (Å²) in [4.78, 5) is 12.6. The number of nitrogens with zero attached hydrogens (tertiary/aromatic N) is 1. The van der Waals surface area contributed by atoms with Gasteiger partial charge >= 0.3 is 0 Å². The summed E-state index contributed by atoms with van der Waals surface area (Å²) in [5, 5.41) is 13.1. The zero-order chi connectivity index (χ0) is 24.0. The number of fused-ring (bicyclic) bond motifs is 1. The van der Waals surface area contributed by atoms with Gasteiger partial charge in [-0.2, -0.15) is 5.26 Å². The number of rotatable bonds is 8. The van der Waals surface area contributed by atoms with Crippen molar-refractivity contribution in [2.45, 2.75) is 46.5 Å². The molecule has 1 amide bonds. The average molecular weight is 483 g/mol. The van der Waals surface area contributed by atoms with Gasteiger partial charge in [0.15, 0.2) is 11.5 Å². The van der Waals surface area contributed by atoms with Crippen LogP contribution in [-0.2, 0) is 17.6 Å². The number of methoxy groups -OCH3 is 1. The van der Waals surface area contributed by atoms with Crippen LogP contribution in [0.3, 0.4) is 0 Å². The molecule has 1 aromatic heterocycles. The fraction of sp³-hybridized carbons (Fsp3) is 0.423. The third kappa shape index (κ3) is 6.43. The summed E-state index contributed by atoms with van der Waals surface area (Å²) < 4.78 is 12.0. The van der Waals surface area contributed by atoms with Crippen LogP contribution in [0.4, 0.5) is 5.00 Å². The second-order valence-electron chi connectivity index (χ2n) is 8.77. The number of benzene rings is 1. The molecular weight excluding hydrogens is 452 g/mol. The van der Waals surface area contributed by atoms with Crippen LogP contribution < -0.4 is 14.8 Å². The Morgan fingerprint density at radius 2 is 2.15 bits per heavy atom. The molecule has 0 saturated carbocycles. The van der Waals surface area contributed by atoms with Gasteiger partial charge < -0.3 is 14.8 Å². The van der Waals surface area contributed by atoms with E-state index in [1.54, 1.807) is 13.2 Å². The number of nitriles is 1. The number of nitrogens with one attached hydrogen (secondary N) is 1. The molecule has 1 unspecified atom stereocenters. The lowest BCUT2D eigenvalue weighted by atomic mass is 9.85. The minimum Gasteiger partial charge on any atom is -0.493 e. The van der Waals surface area contributed by atoms with Crippen LogP contribution in [0.1, 0.15) is 55.9 Å². The SMILES string of the molecule is COc1cc(/C=C/C(=O)Nc2sc(=S)c3c(c2C#N)CCC(C)C3)ccc1OCCC(C)C. The van der Waals surface area contributed by atoms with E-state index in [2.05, 4.69) is 32.2 Å². The van der Waals surface area contributed by atoms with Crippen molar-refractivity contribution in [2.24, 2.45) is 11.8 Å². The Morgan fingerprint density at radius 1 is 1.36 bits per heavy atom. The number of carbonyl (C=O) groups is 1. The summed E-state index contributed by atoms with van der Waals surface area (Å²) in [5.74, 6) is 2.12. The monoisotopic (exact) mass is 482 g/mol. The number of hydrogen-bond donors (Lipinski definition) is 1. The van der Waals surface area contributed by atoms with Crippen molar-refractivity contribution >= 4 is 40.5 Å². The molecule has 33 heavy (non-hydrogen) atoms. The molecule has 5 nitrogen and oxygen atoms in total. The van der Waals surface area contributed by atoms with Gasteiger partial charge in [-0.25, -0.2) is 0 Å². The van der Waals surface area contributed by atoms with Crippen molar-refractivity contribution < 1.29 is 14.3 Å². The van der Waals surface area contributed by atoms with Crippen LogP contribution in [0.5, 0.6) is 11.5 Å². The summed E-state index contributed by atoms with van der Waals surface area (Å²) in [6.07, 6.45) is 6.86. The van der Waals surface area contributed by atoms with Gasteiger partial charge in [-0.15, -0.1) is 11.3 Å². The minimum absolute atomic E-state index is 0.308. The first-order chi connectivity index (χ1) is 15.8. The third-order valence-electron chi connectivity index (χ3n) is 5.69. The molecule has 0 spiro atoms. The van der Waals surface area contributed by atoms with E-state index in [0.29, 0.717) is 40.5 Å². The van der Waals surface area contributed by atoms with Gasteiger partial charge in [0.1, 0.15) is 11.1 Å². The molecule has 0 radical (unpaired) electrons. The van der Waals surface area contributed by atoms with E-state index in [1.165, 1.54) is 17.4 Å². The quantitative estimate of drug-likeness (QED) is 0.341. The minimum atomic E-state index is -0.308. The van der Waals surface area contributed by atoms with Gasteiger partial charge in [-0.3, -0.25) is 4.79 Å². The first-order valence-corrected chi connectivity index (χ1v) is 12.4. The maximum Gasteiger partial charge on any atom is 0.249 e. The van der Waals surface area contributed by atoms with Crippen LogP contribution >= 0.6 is 23.6 Å². The Labute approximate surface area is 205 Å². The van der Waals surface area contributed by atoms with Crippen molar-refractivity contribution in [2.75, 3.05) is 19.0 Å². The summed E-state index contributed by atoms with van der Waals surface area (Å²) in [7, 11) is 1.60. The van der Waals surface area contributed by atoms with E-state index in [9.17, 15) is 10.1 Å². The molecule has 174 valence electrons. The maximum atomic E-state index is 12.6.